The molecular formula is C13H23NS. The molecule has 1 N–H and O–H groups in total. The van der Waals surface area contributed by atoms with Gasteiger partial charge in [0.05, 0.1) is 0 Å². The van der Waals surface area contributed by atoms with E-state index >= 15 is 0 Å². The molecule has 86 valence electrons. The van der Waals surface area contributed by atoms with Gasteiger partial charge in [0.25, 0.3) is 0 Å². The number of unbranched alkanes of at least 4 members (excludes halogenated alkanes) is 2. The van der Waals surface area contributed by atoms with Crippen LogP contribution in [0.3, 0.4) is 0 Å². The molecule has 1 rings (SSSR count). The highest BCUT2D eigenvalue weighted by Crippen LogP contribution is 2.06. The summed E-state index contributed by atoms with van der Waals surface area (Å²) in [4.78, 5) is 0. The monoisotopic (exact) mass is 225 g/mol. The molecule has 2 heteroatoms. The van der Waals surface area contributed by atoms with E-state index in [4.69, 9.17) is 0 Å². The number of hydrogen-bond donors (Lipinski definition) is 1. The van der Waals surface area contributed by atoms with Crippen molar-refractivity contribution >= 4 is 11.3 Å². The van der Waals surface area contributed by atoms with E-state index in [1.165, 1.54) is 37.7 Å². The molecule has 0 bridgehead atoms. The molecule has 0 aromatic carbocycles. The summed E-state index contributed by atoms with van der Waals surface area (Å²) in [5.74, 6) is 0. The van der Waals surface area contributed by atoms with Crippen molar-refractivity contribution in [1.29, 1.82) is 0 Å². The molecule has 0 spiro atoms. The Bertz CT molecular complexity index is 231. The van der Waals surface area contributed by atoms with Gasteiger partial charge in [-0.3, -0.25) is 0 Å². The SMILES string of the molecule is CCCCCC(C)NCCc1ccsc1. The predicted octanol–water partition coefficient (Wildman–Crippen LogP) is 3.85. The smallest absolute Gasteiger partial charge is 0.00388 e. The van der Waals surface area contributed by atoms with Gasteiger partial charge in [-0.2, -0.15) is 11.3 Å². The molecular weight excluding hydrogens is 202 g/mol. The Labute approximate surface area is 97.9 Å². The Kier molecular flexibility index (Phi) is 6.69. The zero-order chi connectivity index (χ0) is 10.9. The van der Waals surface area contributed by atoms with Gasteiger partial charge < -0.3 is 5.32 Å². The van der Waals surface area contributed by atoms with Gasteiger partial charge in [-0.05, 0) is 48.7 Å². The van der Waals surface area contributed by atoms with E-state index in [1.54, 1.807) is 11.3 Å². The Morgan fingerprint density at radius 1 is 1.40 bits per heavy atom. The molecule has 0 amide bonds. The lowest BCUT2D eigenvalue weighted by Gasteiger charge is -2.12. The molecule has 0 aliphatic rings. The van der Waals surface area contributed by atoms with E-state index in [0.717, 1.165) is 6.54 Å². The van der Waals surface area contributed by atoms with Crippen LogP contribution >= 0.6 is 11.3 Å². The second-order valence-electron chi connectivity index (χ2n) is 4.23. The summed E-state index contributed by atoms with van der Waals surface area (Å²) in [6.45, 7) is 5.67. The predicted molar refractivity (Wildman–Crippen MR) is 69.6 cm³/mol. The van der Waals surface area contributed by atoms with Gasteiger partial charge in [0.1, 0.15) is 0 Å². The zero-order valence-corrected chi connectivity index (χ0v) is 10.8. The highest BCUT2D eigenvalue weighted by Gasteiger charge is 2.00. The van der Waals surface area contributed by atoms with Crippen LogP contribution in [0.2, 0.25) is 0 Å². The first-order chi connectivity index (χ1) is 7.33. The number of hydrogen-bond acceptors (Lipinski definition) is 2. The summed E-state index contributed by atoms with van der Waals surface area (Å²) in [6, 6.07) is 2.89. The molecule has 0 aliphatic heterocycles. The molecule has 0 aliphatic carbocycles. The quantitative estimate of drug-likeness (QED) is 0.663. The Morgan fingerprint density at radius 2 is 2.27 bits per heavy atom. The molecule has 1 unspecified atom stereocenters. The third-order valence-electron chi connectivity index (χ3n) is 2.73. The van der Waals surface area contributed by atoms with E-state index in [-0.39, 0.29) is 0 Å². The van der Waals surface area contributed by atoms with Crippen LogP contribution in [-0.2, 0) is 6.42 Å². The van der Waals surface area contributed by atoms with Crippen molar-refractivity contribution in [3.05, 3.63) is 22.4 Å². The van der Waals surface area contributed by atoms with Crippen LogP contribution in [0.4, 0.5) is 0 Å². The lowest BCUT2D eigenvalue weighted by Crippen LogP contribution is -2.27. The summed E-state index contributed by atoms with van der Waals surface area (Å²) in [5, 5.41) is 7.98. The van der Waals surface area contributed by atoms with Crippen LogP contribution in [0, 0.1) is 0 Å². The second kappa shape index (κ2) is 7.89. The van der Waals surface area contributed by atoms with E-state index in [0.29, 0.717) is 6.04 Å². The summed E-state index contributed by atoms with van der Waals surface area (Å²) in [5.41, 5.74) is 1.47. The fraction of sp³-hybridized carbons (Fsp3) is 0.692. The summed E-state index contributed by atoms with van der Waals surface area (Å²) >= 11 is 1.79. The van der Waals surface area contributed by atoms with Crippen LogP contribution < -0.4 is 5.32 Å². The van der Waals surface area contributed by atoms with Crippen LogP contribution in [-0.4, -0.2) is 12.6 Å². The number of rotatable bonds is 8. The van der Waals surface area contributed by atoms with Crippen molar-refractivity contribution < 1.29 is 0 Å². The molecule has 1 heterocycles. The molecule has 1 aromatic heterocycles. The topological polar surface area (TPSA) is 12.0 Å². The molecule has 1 nitrogen and oxygen atoms in total. The molecule has 0 saturated carbocycles. The maximum atomic E-state index is 3.58. The first-order valence-corrected chi connectivity index (χ1v) is 7.01. The van der Waals surface area contributed by atoms with Gasteiger partial charge in [-0.1, -0.05) is 26.2 Å². The summed E-state index contributed by atoms with van der Waals surface area (Å²) in [6.07, 6.45) is 6.54. The number of nitrogens with one attached hydrogen (secondary N) is 1. The zero-order valence-electron chi connectivity index (χ0n) is 9.96. The molecule has 1 aromatic rings. The third kappa shape index (κ3) is 5.95. The van der Waals surface area contributed by atoms with Gasteiger partial charge in [-0.25, -0.2) is 0 Å². The maximum Gasteiger partial charge on any atom is 0.00388 e. The van der Waals surface area contributed by atoms with Crippen molar-refractivity contribution in [1.82, 2.24) is 5.32 Å². The fourth-order valence-corrected chi connectivity index (χ4v) is 2.40. The van der Waals surface area contributed by atoms with E-state index in [9.17, 15) is 0 Å². The first kappa shape index (κ1) is 12.7. The van der Waals surface area contributed by atoms with Crippen LogP contribution in [0.1, 0.15) is 45.1 Å². The minimum Gasteiger partial charge on any atom is -0.314 e. The molecule has 15 heavy (non-hydrogen) atoms. The fourth-order valence-electron chi connectivity index (χ4n) is 1.70. The molecule has 0 radical (unpaired) electrons. The standard InChI is InChI=1S/C13H23NS/c1-3-4-5-6-12(2)14-9-7-13-8-10-15-11-13/h8,10-12,14H,3-7,9H2,1-2H3. The minimum absolute atomic E-state index is 0.676. The van der Waals surface area contributed by atoms with Crippen molar-refractivity contribution in [2.24, 2.45) is 0 Å². The van der Waals surface area contributed by atoms with E-state index in [2.05, 4.69) is 36.0 Å². The normalized spacial score (nSPS) is 12.9. The van der Waals surface area contributed by atoms with Crippen molar-refractivity contribution in [2.45, 2.75) is 52.0 Å². The van der Waals surface area contributed by atoms with E-state index in [1.807, 2.05) is 0 Å². The van der Waals surface area contributed by atoms with Crippen LogP contribution in [0.25, 0.3) is 0 Å². The lowest BCUT2D eigenvalue weighted by molar-refractivity contribution is 0.491. The highest BCUT2D eigenvalue weighted by atomic mass is 32.1. The minimum atomic E-state index is 0.676. The van der Waals surface area contributed by atoms with Crippen molar-refractivity contribution in [2.75, 3.05) is 6.54 Å². The van der Waals surface area contributed by atoms with Crippen molar-refractivity contribution in [3.8, 4) is 0 Å². The second-order valence-corrected chi connectivity index (χ2v) is 5.01. The molecule has 0 saturated heterocycles. The molecule has 0 fully saturated rings. The van der Waals surface area contributed by atoms with Crippen LogP contribution in [0.15, 0.2) is 16.8 Å². The Morgan fingerprint density at radius 3 is 2.93 bits per heavy atom. The maximum absolute atomic E-state index is 3.58. The Hall–Kier alpha value is -0.340. The van der Waals surface area contributed by atoms with Gasteiger partial charge in [-0.15, -0.1) is 0 Å². The van der Waals surface area contributed by atoms with Gasteiger partial charge in [0, 0.05) is 6.04 Å². The first-order valence-electron chi connectivity index (χ1n) is 6.07. The highest BCUT2D eigenvalue weighted by molar-refractivity contribution is 7.07. The number of thiophene rings is 1. The summed E-state index contributed by atoms with van der Waals surface area (Å²) < 4.78 is 0. The largest absolute Gasteiger partial charge is 0.314 e. The van der Waals surface area contributed by atoms with Gasteiger partial charge in [0.15, 0.2) is 0 Å². The summed E-state index contributed by atoms with van der Waals surface area (Å²) in [7, 11) is 0. The average molecular weight is 225 g/mol. The van der Waals surface area contributed by atoms with Gasteiger partial charge in [0.2, 0.25) is 0 Å². The van der Waals surface area contributed by atoms with Crippen LogP contribution in [0.5, 0.6) is 0 Å². The van der Waals surface area contributed by atoms with Gasteiger partial charge >= 0.3 is 0 Å². The van der Waals surface area contributed by atoms with E-state index < -0.39 is 0 Å². The third-order valence-corrected chi connectivity index (χ3v) is 3.46. The Balaban J connectivity index is 1.99. The van der Waals surface area contributed by atoms with Crippen molar-refractivity contribution in [3.63, 3.8) is 0 Å². The lowest BCUT2D eigenvalue weighted by atomic mass is 10.1. The molecule has 1 atom stereocenters. The average Bonchev–Trinajstić information content (AvgIpc) is 2.71.